The first kappa shape index (κ1) is 17.5. The fourth-order valence-corrected chi connectivity index (χ4v) is 2.15. The third-order valence-electron chi connectivity index (χ3n) is 2.91. The fraction of sp³-hybridized carbons (Fsp3) is 0.714. The summed E-state index contributed by atoms with van der Waals surface area (Å²) >= 11 is 0.571. The first-order chi connectivity index (χ1) is 9.52. The van der Waals surface area contributed by atoms with Gasteiger partial charge >= 0.3 is 0 Å². The molecule has 0 aliphatic carbocycles. The molecule has 1 aromatic heterocycles. The van der Waals surface area contributed by atoms with E-state index in [1.54, 1.807) is 6.07 Å². The van der Waals surface area contributed by atoms with Gasteiger partial charge in [-0.1, -0.05) is 25.6 Å². The third-order valence-corrected chi connectivity index (χ3v) is 3.62. The van der Waals surface area contributed by atoms with E-state index in [1.807, 2.05) is 13.0 Å². The van der Waals surface area contributed by atoms with Crippen molar-refractivity contribution in [3.63, 3.8) is 0 Å². The summed E-state index contributed by atoms with van der Waals surface area (Å²) in [6.45, 7) is 8.16. The molecule has 1 aromatic rings. The van der Waals surface area contributed by atoms with Gasteiger partial charge in [0.15, 0.2) is 0 Å². The lowest BCUT2D eigenvalue weighted by Crippen LogP contribution is -2.37. The molecular formula is C14H23F2NO2S. The highest BCUT2D eigenvalue weighted by molar-refractivity contribution is 7.98. The molecule has 3 nitrogen and oxygen atoms in total. The molecule has 6 heteroatoms. The molecule has 0 fully saturated rings. The minimum atomic E-state index is -2.36. The van der Waals surface area contributed by atoms with Crippen molar-refractivity contribution in [1.29, 1.82) is 0 Å². The van der Waals surface area contributed by atoms with Gasteiger partial charge in [-0.3, -0.25) is 0 Å². The van der Waals surface area contributed by atoms with Crippen molar-refractivity contribution in [3.8, 4) is 0 Å². The maximum Gasteiger partial charge on any atom is 0.284 e. The van der Waals surface area contributed by atoms with Crippen molar-refractivity contribution in [2.24, 2.45) is 5.92 Å². The lowest BCUT2D eigenvalue weighted by Gasteiger charge is -2.21. The number of nitrogens with one attached hydrogen (secondary N) is 1. The fourth-order valence-electron chi connectivity index (χ4n) is 1.70. The molecule has 0 saturated heterocycles. The zero-order valence-corrected chi connectivity index (χ0v) is 13.0. The minimum Gasteiger partial charge on any atom is -0.464 e. The normalized spacial score (nSPS) is 13.3. The van der Waals surface area contributed by atoms with Gasteiger partial charge in [0, 0.05) is 12.6 Å². The van der Waals surface area contributed by atoms with Crippen molar-refractivity contribution in [1.82, 2.24) is 5.32 Å². The molecule has 0 aliphatic heterocycles. The highest BCUT2D eigenvalue weighted by atomic mass is 32.2. The highest BCUT2D eigenvalue weighted by Gasteiger charge is 2.14. The van der Waals surface area contributed by atoms with Gasteiger partial charge in [0.25, 0.3) is 5.76 Å². The standard InChI is InChI=1S/C14H23F2NO2S/c1-4-18-8-13(10(2)3)17-7-11-5-6-12(19-11)9-20-14(15)16/h5-6,10,13-14,17H,4,7-9H2,1-3H3. The second kappa shape index (κ2) is 9.37. The van der Waals surface area contributed by atoms with Gasteiger partial charge in [-0.2, -0.15) is 8.78 Å². The van der Waals surface area contributed by atoms with E-state index in [9.17, 15) is 8.78 Å². The van der Waals surface area contributed by atoms with Crippen molar-refractivity contribution < 1.29 is 17.9 Å². The lowest BCUT2D eigenvalue weighted by atomic mass is 10.1. The SMILES string of the molecule is CCOCC(NCc1ccc(CSC(F)F)o1)C(C)C. The molecule has 1 N–H and O–H groups in total. The van der Waals surface area contributed by atoms with Crippen LogP contribution in [0, 0.1) is 5.92 Å². The lowest BCUT2D eigenvalue weighted by molar-refractivity contribution is 0.107. The second-order valence-corrected chi connectivity index (χ2v) is 5.81. The van der Waals surface area contributed by atoms with E-state index in [1.165, 1.54) is 0 Å². The van der Waals surface area contributed by atoms with Crippen LogP contribution in [0.4, 0.5) is 8.78 Å². The van der Waals surface area contributed by atoms with Crippen LogP contribution in [0.5, 0.6) is 0 Å². The molecule has 1 heterocycles. The van der Waals surface area contributed by atoms with Crippen LogP contribution in [0.1, 0.15) is 32.3 Å². The van der Waals surface area contributed by atoms with E-state index >= 15 is 0 Å². The van der Waals surface area contributed by atoms with Crippen molar-refractivity contribution in [2.75, 3.05) is 13.2 Å². The zero-order valence-electron chi connectivity index (χ0n) is 12.2. The average molecular weight is 307 g/mol. The molecule has 0 bridgehead atoms. The molecule has 0 amide bonds. The number of rotatable bonds is 10. The van der Waals surface area contributed by atoms with Crippen LogP contribution in [0.25, 0.3) is 0 Å². The van der Waals surface area contributed by atoms with Crippen LogP contribution in [0.15, 0.2) is 16.5 Å². The molecule has 0 aromatic carbocycles. The van der Waals surface area contributed by atoms with Crippen LogP contribution in [-0.4, -0.2) is 25.0 Å². The monoisotopic (exact) mass is 307 g/mol. The van der Waals surface area contributed by atoms with E-state index < -0.39 is 5.76 Å². The van der Waals surface area contributed by atoms with Crippen molar-refractivity contribution in [3.05, 3.63) is 23.7 Å². The average Bonchev–Trinajstić information content (AvgIpc) is 2.84. The number of thioether (sulfide) groups is 1. The topological polar surface area (TPSA) is 34.4 Å². The van der Waals surface area contributed by atoms with Crippen LogP contribution < -0.4 is 5.32 Å². The Bertz CT molecular complexity index is 372. The quantitative estimate of drug-likeness (QED) is 0.711. The van der Waals surface area contributed by atoms with E-state index in [-0.39, 0.29) is 11.8 Å². The Morgan fingerprint density at radius 2 is 2.00 bits per heavy atom. The van der Waals surface area contributed by atoms with Crippen molar-refractivity contribution >= 4 is 11.8 Å². The number of ether oxygens (including phenoxy) is 1. The molecule has 0 radical (unpaired) electrons. The summed E-state index contributed by atoms with van der Waals surface area (Å²) < 4.78 is 35.1. The van der Waals surface area contributed by atoms with Gasteiger partial charge in [-0.05, 0) is 25.0 Å². The smallest absolute Gasteiger partial charge is 0.284 e. The van der Waals surface area contributed by atoms with Gasteiger partial charge in [0.2, 0.25) is 0 Å². The Morgan fingerprint density at radius 3 is 2.60 bits per heavy atom. The molecule has 1 atom stereocenters. The van der Waals surface area contributed by atoms with Crippen molar-refractivity contribution in [2.45, 2.75) is 44.9 Å². The molecule has 116 valence electrons. The summed E-state index contributed by atoms with van der Waals surface area (Å²) in [7, 11) is 0. The van der Waals surface area contributed by atoms with Gasteiger partial charge in [-0.25, -0.2) is 0 Å². The molecule has 0 aliphatic rings. The molecule has 1 rings (SSSR count). The Morgan fingerprint density at radius 1 is 1.30 bits per heavy atom. The summed E-state index contributed by atoms with van der Waals surface area (Å²) in [4.78, 5) is 0. The Balaban J connectivity index is 2.39. The maximum atomic E-state index is 12.1. The van der Waals surface area contributed by atoms with Crippen LogP contribution in [0.3, 0.4) is 0 Å². The van der Waals surface area contributed by atoms with Crippen LogP contribution >= 0.6 is 11.8 Å². The van der Waals surface area contributed by atoms with E-state index in [2.05, 4.69) is 19.2 Å². The Labute approximate surface area is 123 Å². The first-order valence-corrected chi connectivity index (χ1v) is 7.86. The molecule has 20 heavy (non-hydrogen) atoms. The summed E-state index contributed by atoms with van der Waals surface area (Å²) in [5.74, 6) is -0.372. The minimum absolute atomic E-state index is 0.199. The number of hydrogen-bond acceptors (Lipinski definition) is 4. The summed E-state index contributed by atoms with van der Waals surface area (Å²) in [5.41, 5.74) is 0. The Hall–Kier alpha value is -0.590. The zero-order chi connectivity index (χ0) is 15.0. The largest absolute Gasteiger partial charge is 0.464 e. The summed E-state index contributed by atoms with van der Waals surface area (Å²) in [5, 5.41) is 3.37. The number of hydrogen-bond donors (Lipinski definition) is 1. The molecule has 0 spiro atoms. The number of alkyl halides is 2. The maximum absolute atomic E-state index is 12.1. The van der Waals surface area contributed by atoms with Crippen LogP contribution in [0.2, 0.25) is 0 Å². The third kappa shape index (κ3) is 6.72. The van der Waals surface area contributed by atoms with Gasteiger partial charge in [-0.15, -0.1) is 0 Å². The number of halogens is 2. The molecule has 1 unspecified atom stereocenters. The second-order valence-electron chi connectivity index (χ2n) is 4.83. The molecule has 0 saturated carbocycles. The van der Waals surface area contributed by atoms with E-state index in [0.29, 0.717) is 43.2 Å². The predicted molar refractivity (Wildman–Crippen MR) is 78.0 cm³/mol. The van der Waals surface area contributed by atoms with Gasteiger partial charge in [0.1, 0.15) is 11.5 Å². The van der Waals surface area contributed by atoms with Crippen LogP contribution in [-0.2, 0) is 17.0 Å². The van der Waals surface area contributed by atoms with Gasteiger partial charge in [0.05, 0.1) is 18.9 Å². The van der Waals surface area contributed by atoms with E-state index in [4.69, 9.17) is 9.15 Å². The van der Waals surface area contributed by atoms with Gasteiger partial charge < -0.3 is 14.5 Å². The summed E-state index contributed by atoms with van der Waals surface area (Å²) in [6.07, 6.45) is 0. The summed E-state index contributed by atoms with van der Waals surface area (Å²) in [6, 6.07) is 3.82. The van der Waals surface area contributed by atoms with E-state index in [0.717, 1.165) is 5.76 Å². The first-order valence-electron chi connectivity index (χ1n) is 6.81. The number of furan rings is 1. The highest BCUT2D eigenvalue weighted by Crippen LogP contribution is 2.21. The molecular weight excluding hydrogens is 284 g/mol. The predicted octanol–water partition coefficient (Wildman–Crippen LogP) is 3.89. The Kier molecular flexibility index (Phi) is 8.18.